The van der Waals surface area contributed by atoms with Gasteiger partial charge in [-0.1, -0.05) is 30.3 Å². The third kappa shape index (κ3) is 4.47. The Hall–Kier alpha value is -4.73. The first-order valence-corrected chi connectivity index (χ1v) is 13.4. The van der Waals surface area contributed by atoms with E-state index in [1.165, 1.54) is 11.6 Å². The lowest BCUT2D eigenvalue weighted by molar-refractivity contribution is 0.632. The second-order valence-electron chi connectivity index (χ2n) is 9.27. The van der Waals surface area contributed by atoms with E-state index in [1.807, 2.05) is 47.8 Å². The summed E-state index contributed by atoms with van der Waals surface area (Å²) in [5.74, 6) is 0.248. The van der Waals surface area contributed by atoms with Crippen LogP contribution in [0.5, 0.6) is 0 Å². The molecule has 7 nitrogen and oxygen atoms in total. The summed E-state index contributed by atoms with van der Waals surface area (Å²) in [5.41, 5.74) is 8.01. The number of hydrogen-bond acceptors (Lipinski definition) is 6. The number of H-pyrrole nitrogens is 2. The molecule has 7 aromatic rings. The molecule has 2 aromatic carbocycles. The SMILES string of the molecule is Fc1cc2[nH]nc(-c3nc4c(-c5ccsc5)nccc4[nH]3)c2cc1-c1cncc(CNCc2ccccc2)c1. The zero-order valence-electron chi connectivity index (χ0n) is 20.6. The fourth-order valence-corrected chi connectivity index (χ4v) is 5.42. The van der Waals surface area contributed by atoms with Crippen LogP contribution in [-0.4, -0.2) is 30.1 Å². The maximum absolute atomic E-state index is 15.3. The molecule has 3 N–H and O–H groups in total. The van der Waals surface area contributed by atoms with Crippen molar-refractivity contribution in [3.8, 4) is 33.9 Å². The Morgan fingerprint density at radius 3 is 2.64 bits per heavy atom. The van der Waals surface area contributed by atoms with E-state index in [0.717, 1.165) is 39.8 Å². The Balaban J connectivity index is 1.23. The number of imidazole rings is 1. The molecule has 0 aliphatic rings. The van der Waals surface area contributed by atoms with Gasteiger partial charge in [-0.05, 0) is 40.8 Å². The highest BCUT2D eigenvalue weighted by Gasteiger charge is 2.18. The molecule has 190 valence electrons. The second-order valence-corrected chi connectivity index (χ2v) is 10.1. The van der Waals surface area contributed by atoms with Crippen molar-refractivity contribution in [2.45, 2.75) is 13.1 Å². The molecule has 7 rings (SSSR count). The van der Waals surface area contributed by atoms with Crippen LogP contribution in [0.2, 0.25) is 0 Å². The maximum atomic E-state index is 15.3. The van der Waals surface area contributed by atoms with Crippen LogP contribution in [0.3, 0.4) is 0 Å². The third-order valence-corrected chi connectivity index (χ3v) is 7.36. The minimum Gasteiger partial charge on any atom is -0.336 e. The predicted molar refractivity (Wildman–Crippen MR) is 152 cm³/mol. The van der Waals surface area contributed by atoms with Crippen molar-refractivity contribution in [1.29, 1.82) is 0 Å². The molecule has 0 amide bonds. The summed E-state index contributed by atoms with van der Waals surface area (Å²) < 4.78 is 15.3. The quantitative estimate of drug-likeness (QED) is 0.212. The van der Waals surface area contributed by atoms with Crippen LogP contribution < -0.4 is 5.32 Å². The molecule has 39 heavy (non-hydrogen) atoms. The average Bonchev–Trinajstić information content (AvgIpc) is 3.73. The Kier molecular flexibility index (Phi) is 5.92. The van der Waals surface area contributed by atoms with Crippen LogP contribution in [0, 0.1) is 5.82 Å². The lowest BCUT2D eigenvalue weighted by Crippen LogP contribution is -2.12. The number of nitrogens with one attached hydrogen (secondary N) is 3. The van der Waals surface area contributed by atoms with Crippen molar-refractivity contribution in [2.75, 3.05) is 0 Å². The Morgan fingerprint density at radius 1 is 0.872 bits per heavy atom. The molecule has 0 atom stereocenters. The minimum atomic E-state index is -0.345. The molecule has 0 saturated heterocycles. The molecule has 0 unspecified atom stereocenters. The lowest BCUT2D eigenvalue weighted by Gasteiger charge is -2.08. The predicted octanol–water partition coefficient (Wildman–Crippen LogP) is 6.72. The van der Waals surface area contributed by atoms with Crippen LogP contribution in [-0.2, 0) is 13.1 Å². The van der Waals surface area contributed by atoms with E-state index in [4.69, 9.17) is 4.98 Å². The number of pyridine rings is 2. The van der Waals surface area contributed by atoms with E-state index in [2.05, 4.69) is 48.0 Å². The Morgan fingerprint density at radius 2 is 1.77 bits per heavy atom. The van der Waals surface area contributed by atoms with Gasteiger partial charge in [0, 0.05) is 65.2 Å². The lowest BCUT2D eigenvalue weighted by atomic mass is 10.0. The first-order valence-electron chi connectivity index (χ1n) is 12.5. The number of hydrogen-bond donors (Lipinski definition) is 3. The van der Waals surface area contributed by atoms with Gasteiger partial charge in [0.25, 0.3) is 0 Å². The van der Waals surface area contributed by atoms with Crippen molar-refractivity contribution in [3.63, 3.8) is 0 Å². The molecule has 0 fully saturated rings. The molecule has 0 aliphatic carbocycles. The smallest absolute Gasteiger partial charge is 0.159 e. The van der Waals surface area contributed by atoms with Gasteiger partial charge in [-0.2, -0.15) is 16.4 Å². The second kappa shape index (κ2) is 9.86. The number of nitrogens with zero attached hydrogens (tertiary/aromatic N) is 4. The summed E-state index contributed by atoms with van der Waals surface area (Å²) in [5, 5.41) is 15.7. The molecule has 0 spiro atoms. The van der Waals surface area contributed by atoms with Gasteiger partial charge < -0.3 is 10.3 Å². The van der Waals surface area contributed by atoms with Crippen molar-refractivity contribution >= 4 is 33.3 Å². The van der Waals surface area contributed by atoms with E-state index in [1.54, 1.807) is 29.9 Å². The highest BCUT2D eigenvalue weighted by molar-refractivity contribution is 7.08. The fourth-order valence-electron chi connectivity index (χ4n) is 4.78. The number of fused-ring (bicyclic) bond motifs is 2. The van der Waals surface area contributed by atoms with Crippen LogP contribution in [0.15, 0.2) is 90.0 Å². The van der Waals surface area contributed by atoms with Gasteiger partial charge in [0.1, 0.15) is 17.0 Å². The van der Waals surface area contributed by atoms with Gasteiger partial charge in [-0.3, -0.25) is 15.1 Å². The average molecular weight is 532 g/mol. The Bertz CT molecular complexity index is 1910. The minimum absolute atomic E-state index is 0.345. The van der Waals surface area contributed by atoms with E-state index < -0.39 is 0 Å². The van der Waals surface area contributed by atoms with Crippen molar-refractivity contribution in [3.05, 3.63) is 107 Å². The van der Waals surface area contributed by atoms with Gasteiger partial charge in [-0.25, -0.2) is 9.37 Å². The van der Waals surface area contributed by atoms with E-state index in [-0.39, 0.29) is 5.82 Å². The zero-order valence-corrected chi connectivity index (χ0v) is 21.5. The topological polar surface area (TPSA) is 95.2 Å². The highest BCUT2D eigenvalue weighted by Crippen LogP contribution is 2.34. The number of rotatable bonds is 7. The van der Waals surface area contributed by atoms with Crippen LogP contribution >= 0.6 is 11.3 Å². The summed E-state index contributed by atoms with van der Waals surface area (Å²) in [4.78, 5) is 17.2. The van der Waals surface area contributed by atoms with Gasteiger partial charge >= 0.3 is 0 Å². The van der Waals surface area contributed by atoms with Gasteiger partial charge in [0.05, 0.1) is 16.7 Å². The molecule has 0 bridgehead atoms. The Labute approximate surface area is 226 Å². The number of thiophene rings is 1. The first-order chi connectivity index (χ1) is 19.2. The number of aromatic amines is 2. The van der Waals surface area contributed by atoms with E-state index >= 15 is 4.39 Å². The molecule has 0 aliphatic heterocycles. The van der Waals surface area contributed by atoms with Gasteiger partial charge in [0.2, 0.25) is 0 Å². The molecular formula is C30H22FN7S. The first kappa shape index (κ1) is 23.4. The third-order valence-electron chi connectivity index (χ3n) is 6.68. The van der Waals surface area contributed by atoms with E-state index in [9.17, 15) is 0 Å². The van der Waals surface area contributed by atoms with E-state index in [0.29, 0.717) is 34.7 Å². The summed E-state index contributed by atoms with van der Waals surface area (Å²) in [6, 6.07) is 19.4. The van der Waals surface area contributed by atoms with Gasteiger partial charge in [0.15, 0.2) is 5.82 Å². The molecule has 5 heterocycles. The standard InChI is InChI=1S/C30H22FN7S/c31-24-12-26-23(11-22(24)21-10-19(15-33-16-21)14-32-13-18-4-2-1-3-5-18)28(38-37-26)30-35-25-6-8-34-27(29(25)36-30)20-7-9-39-17-20/h1-12,15-17,32H,13-14H2,(H,35,36)(H,37,38). The number of aromatic nitrogens is 6. The zero-order chi connectivity index (χ0) is 26.2. The number of halogens is 1. The van der Waals surface area contributed by atoms with Crippen molar-refractivity contribution in [1.82, 2.24) is 35.5 Å². The molecular weight excluding hydrogens is 509 g/mol. The molecule has 5 aromatic heterocycles. The van der Waals surface area contributed by atoms with Crippen molar-refractivity contribution < 1.29 is 4.39 Å². The highest BCUT2D eigenvalue weighted by atomic mass is 32.1. The summed E-state index contributed by atoms with van der Waals surface area (Å²) in [6.07, 6.45) is 5.25. The van der Waals surface area contributed by atoms with Gasteiger partial charge in [-0.15, -0.1) is 0 Å². The molecule has 0 saturated carbocycles. The number of benzene rings is 2. The largest absolute Gasteiger partial charge is 0.336 e. The van der Waals surface area contributed by atoms with Crippen molar-refractivity contribution in [2.24, 2.45) is 0 Å². The van der Waals surface area contributed by atoms with Crippen LogP contribution in [0.4, 0.5) is 4.39 Å². The summed E-state index contributed by atoms with van der Waals surface area (Å²) in [7, 11) is 0. The molecule has 0 radical (unpaired) electrons. The summed E-state index contributed by atoms with van der Waals surface area (Å²) >= 11 is 1.61. The summed E-state index contributed by atoms with van der Waals surface area (Å²) in [6.45, 7) is 1.36. The molecule has 9 heteroatoms. The maximum Gasteiger partial charge on any atom is 0.159 e. The van der Waals surface area contributed by atoms with Crippen LogP contribution in [0.1, 0.15) is 11.1 Å². The fraction of sp³-hybridized carbons (Fsp3) is 0.0667. The monoisotopic (exact) mass is 531 g/mol. The normalized spacial score (nSPS) is 11.5. The van der Waals surface area contributed by atoms with Crippen LogP contribution in [0.25, 0.3) is 55.8 Å².